The summed E-state index contributed by atoms with van der Waals surface area (Å²) in [4.78, 5) is 12.1. The Morgan fingerprint density at radius 1 is 1.39 bits per heavy atom. The van der Waals surface area contributed by atoms with E-state index in [2.05, 4.69) is 15.0 Å². The lowest BCUT2D eigenvalue weighted by molar-refractivity contribution is -0.0297. The van der Waals surface area contributed by atoms with E-state index in [9.17, 15) is 5.11 Å². The van der Waals surface area contributed by atoms with Gasteiger partial charge in [0.25, 0.3) is 0 Å². The molecular weight excluding hydrogens is 236 g/mol. The number of anilines is 1. The lowest BCUT2D eigenvalue weighted by Crippen LogP contribution is -2.38. The lowest BCUT2D eigenvalue weighted by atomic mass is 10.1. The predicted octanol–water partition coefficient (Wildman–Crippen LogP) is -0.986. The number of imidazole rings is 1. The number of aliphatic hydroxyl groups excluding tert-OH is 1. The largest absolute Gasteiger partial charge is 0.387 e. The van der Waals surface area contributed by atoms with Gasteiger partial charge in [-0.05, 0) is 6.92 Å². The molecule has 0 amide bonds. The second kappa shape index (κ2) is 3.87. The number of hydrogen-bond acceptors (Lipinski definition) is 7. The number of hydrogen-bond donors (Lipinski definition) is 3. The fourth-order valence-corrected chi connectivity index (χ4v) is 2.15. The molecule has 3 heterocycles. The Balaban J connectivity index is 2.08. The third kappa shape index (κ3) is 1.47. The SMILES string of the molecule is CC1OC(n2cnc3c(N)ncnc32)C(O)C1N. The van der Waals surface area contributed by atoms with Crippen LogP contribution in [0.2, 0.25) is 0 Å². The third-order valence-corrected chi connectivity index (χ3v) is 3.24. The maximum Gasteiger partial charge on any atom is 0.167 e. The average Bonchev–Trinajstić information content (AvgIpc) is 2.88. The van der Waals surface area contributed by atoms with E-state index in [1.807, 2.05) is 6.92 Å². The summed E-state index contributed by atoms with van der Waals surface area (Å²) in [5.41, 5.74) is 12.5. The molecule has 96 valence electrons. The van der Waals surface area contributed by atoms with Gasteiger partial charge in [-0.25, -0.2) is 15.0 Å². The van der Waals surface area contributed by atoms with Gasteiger partial charge in [-0.15, -0.1) is 0 Å². The summed E-state index contributed by atoms with van der Waals surface area (Å²) in [6.07, 6.45) is 1.22. The molecule has 8 nitrogen and oxygen atoms in total. The van der Waals surface area contributed by atoms with Gasteiger partial charge in [0.05, 0.1) is 18.5 Å². The van der Waals surface area contributed by atoms with E-state index in [4.69, 9.17) is 16.2 Å². The van der Waals surface area contributed by atoms with Gasteiger partial charge in [0.1, 0.15) is 17.9 Å². The summed E-state index contributed by atoms with van der Waals surface area (Å²) in [6, 6.07) is -0.438. The molecule has 4 atom stereocenters. The monoisotopic (exact) mass is 250 g/mol. The normalized spacial score (nSPS) is 32.2. The van der Waals surface area contributed by atoms with E-state index in [0.29, 0.717) is 17.0 Å². The molecule has 2 aromatic heterocycles. The van der Waals surface area contributed by atoms with Crippen molar-refractivity contribution in [2.24, 2.45) is 5.73 Å². The summed E-state index contributed by atoms with van der Waals surface area (Å²) in [5.74, 6) is 0.295. The van der Waals surface area contributed by atoms with Crippen LogP contribution in [-0.2, 0) is 4.74 Å². The third-order valence-electron chi connectivity index (χ3n) is 3.24. The Morgan fingerprint density at radius 3 is 2.83 bits per heavy atom. The second-order valence-electron chi connectivity index (χ2n) is 4.38. The van der Waals surface area contributed by atoms with Crippen LogP contribution in [0.3, 0.4) is 0 Å². The van der Waals surface area contributed by atoms with Crippen LogP contribution in [0.25, 0.3) is 11.2 Å². The molecule has 0 spiro atoms. The van der Waals surface area contributed by atoms with Gasteiger partial charge in [0, 0.05) is 0 Å². The fourth-order valence-electron chi connectivity index (χ4n) is 2.15. The molecule has 5 N–H and O–H groups in total. The highest BCUT2D eigenvalue weighted by Gasteiger charge is 2.40. The molecule has 0 radical (unpaired) electrons. The standard InChI is InChI=1S/C10H14N6O2/c1-4-5(11)7(17)10(18-4)16-3-15-6-8(12)13-2-14-9(6)16/h2-5,7,10,17H,11H2,1H3,(H2,12,13,14). The second-order valence-corrected chi connectivity index (χ2v) is 4.38. The summed E-state index contributed by atoms with van der Waals surface area (Å²) in [7, 11) is 0. The highest BCUT2D eigenvalue weighted by molar-refractivity contribution is 5.81. The first-order valence-electron chi connectivity index (χ1n) is 5.61. The van der Waals surface area contributed by atoms with Crippen molar-refractivity contribution in [2.75, 3.05) is 5.73 Å². The minimum absolute atomic E-state index is 0.235. The Morgan fingerprint density at radius 2 is 2.17 bits per heavy atom. The Hall–Kier alpha value is -1.77. The van der Waals surface area contributed by atoms with E-state index in [1.54, 1.807) is 4.57 Å². The van der Waals surface area contributed by atoms with Gasteiger partial charge in [0.2, 0.25) is 0 Å². The van der Waals surface area contributed by atoms with Crippen LogP contribution in [0.4, 0.5) is 5.82 Å². The van der Waals surface area contributed by atoms with Crippen LogP contribution >= 0.6 is 0 Å². The molecule has 18 heavy (non-hydrogen) atoms. The molecule has 2 aromatic rings. The molecule has 0 aliphatic carbocycles. The minimum atomic E-state index is -0.811. The number of nitrogens with zero attached hydrogens (tertiary/aromatic N) is 4. The lowest BCUT2D eigenvalue weighted by Gasteiger charge is -2.16. The zero-order valence-electron chi connectivity index (χ0n) is 9.76. The van der Waals surface area contributed by atoms with Gasteiger partial charge in [-0.3, -0.25) is 4.57 Å². The van der Waals surface area contributed by atoms with Gasteiger partial charge in [-0.1, -0.05) is 0 Å². The van der Waals surface area contributed by atoms with E-state index < -0.39 is 18.4 Å². The first-order chi connectivity index (χ1) is 8.59. The molecule has 1 fully saturated rings. The number of aliphatic hydroxyl groups is 1. The summed E-state index contributed by atoms with van der Waals surface area (Å²) in [5, 5.41) is 10.1. The quantitative estimate of drug-likeness (QED) is 0.593. The van der Waals surface area contributed by atoms with Gasteiger partial charge >= 0.3 is 0 Å². The van der Waals surface area contributed by atoms with Crippen molar-refractivity contribution >= 4 is 17.0 Å². The number of rotatable bonds is 1. The number of ether oxygens (including phenoxy) is 1. The van der Waals surface area contributed by atoms with Gasteiger partial charge < -0.3 is 21.3 Å². The average molecular weight is 250 g/mol. The summed E-state index contributed by atoms with van der Waals surface area (Å²) < 4.78 is 7.25. The Bertz CT molecular complexity index is 585. The zero-order valence-corrected chi connectivity index (χ0v) is 9.76. The van der Waals surface area contributed by atoms with E-state index in [-0.39, 0.29) is 6.10 Å². The van der Waals surface area contributed by atoms with Crippen LogP contribution in [0, 0.1) is 0 Å². The molecule has 0 aromatic carbocycles. The number of nitrogen functional groups attached to an aromatic ring is 1. The number of nitrogens with two attached hydrogens (primary N) is 2. The first-order valence-corrected chi connectivity index (χ1v) is 5.61. The van der Waals surface area contributed by atoms with Gasteiger partial charge in [0.15, 0.2) is 17.7 Å². The topological polar surface area (TPSA) is 125 Å². The molecule has 1 aliphatic rings. The highest BCUT2D eigenvalue weighted by Crippen LogP contribution is 2.30. The van der Waals surface area contributed by atoms with Crippen molar-refractivity contribution in [1.82, 2.24) is 19.5 Å². The van der Waals surface area contributed by atoms with Crippen molar-refractivity contribution in [3.05, 3.63) is 12.7 Å². The van der Waals surface area contributed by atoms with Crippen LogP contribution in [0.5, 0.6) is 0 Å². The fraction of sp³-hybridized carbons (Fsp3) is 0.500. The minimum Gasteiger partial charge on any atom is -0.387 e. The van der Waals surface area contributed by atoms with Crippen molar-refractivity contribution in [3.8, 4) is 0 Å². The maximum atomic E-state index is 10.1. The molecule has 0 saturated carbocycles. The van der Waals surface area contributed by atoms with Crippen molar-refractivity contribution in [1.29, 1.82) is 0 Å². The molecule has 8 heteroatoms. The molecule has 1 saturated heterocycles. The summed E-state index contributed by atoms with van der Waals surface area (Å²) >= 11 is 0. The highest BCUT2D eigenvalue weighted by atomic mass is 16.5. The summed E-state index contributed by atoms with van der Waals surface area (Å²) in [6.45, 7) is 1.82. The molecular formula is C10H14N6O2. The van der Waals surface area contributed by atoms with Crippen molar-refractivity contribution < 1.29 is 9.84 Å². The predicted molar refractivity (Wildman–Crippen MR) is 63.3 cm³/mol. The Kier molecular flexibility index (Phi) is 2.44. The van der Waals surface area contributed by atoms with Crippen LogP contribution in [0.15, 0.2) is 12.7 Å². The van der Waals surface area contributed by atoms with Crippen LogP contribution in [-0.4, -0.2) is 42.9 Å². The Labute approximate surface area is 103 Å². The van der Waals surface area contributed by atoms with Crippen LogP contribution in [0.1, 0.15) is 13.2 Å². The van der Waals surface area contributed by atoms with Crippen molar-refractivity contribution in [3.63, 3.8) is 0 Å². The first kappa shape index (κ1) is 11.3. The van der Waals surface area contributed by atoms with Crippen molar-refractivity contribution in [2.45, 2.75) is 31.4 Å². The molecule has 4 unspecified atom stereocenters. The molecule has 3 rings (SSSR count). The van der Waals surface area contributed by atoms with Gasteiger partial charge in [-0.2, -0.15) is 0 Å². The van der Waals surface area contributed by atoms with Crippen LogP contribution < -0.4 is 11.5 Å². The zero-order chi connectivity index (χ0) is 12.9. The maximum absolute atomic E-state index is 10.1. The smallest absolute Gasteiger partial charge is 0.167 e. The number of aromatic nitrogens is 4. The van der Waals surface area contributed by atoms with E-state index in [0.717, 1.165) is 0 Å². The van der Waals surface area contributed by atoms with E-state index in [1.165, 1.54) is 12.7 Å². The number of fused-ring (bicyclic) bond motifs is 1. The molecule has 1 aliphatic heterocycles. The molecule has 0 bridgehead atoms. The van der Waals surface area contributed by atoms with E-state index >= 15 is 0 Å².